The van der Waals surface area contributed by atoms with Gasteiger partial charge in [0.25, 0.3) is 0 Å². The van der Waals surface area contributed by atoms with E-state index in [1.54, 1.807) is 13.8 Å². The molecule has 6 heteroatoms. The van der Waals surface area contributed by atoms with E-state index in [9.17, 15) is 9.59 Å². The van der Waals surface area contributed by atoms with Crippen LogP contribution in [0.2, 0.25) is 0 Å². The van der Waals surface area contributed by atoms with Crippen LogP contribution in [-0.4, -0.2) is 16.2 Å². The Morgan fingerprint density at radius 3 is 2.12 bits per heavy atom. The fourth-order valence-electron chi connectivity index (χ4n) is 1.78. The first kappa shape index (κ1) is 11.4. The number of aryl methyl sites for hydroxylation is 2. The topological polar surface area (TPSA) is 70.3 Å². The zero-order valence-corrected chi connectivity index (χ0v) is 11.1. The second-order valence-electron chi connectivity index (χ2n) is 3.44. The van der Waals surface area contributed by atoms with Crippen molar-refractivity contribution in [2.24, 2.45) is 4.01 Å². The van der Waals surface area contributed by atoms with Crippen molar-refractivity contribution in [3.05, 3.63) is 40.9 Å². The van der Waals surface area contributed by atoms with Crippen LogP contribution in [0.15, 0.2) is 13.6 Å². The average molecular weight is 298 g/mol. The summed E-state index contributed by atoms with van der Waals surface area (Å²) >= 11 is 3.73. The van der Waals surface area contributed by atoms with Gasteiger partial charge in [-0.2, -0.15) is 0 Å². The summed E-state index contributed by atoms with van der Waals surface area (Å²) in [5.74, 6) is 0. The summed E-state index contributed by atoms with van der Waals surface area (Å²) in [7, 11) is 0. The van der Waals surface area contributed by atoms with Gasteiger partial charge >= 0.3 is 103 Å². The van der Waals surface area contributed by atoms with Crippen molar-refractivity contribution in [2.45, 2.75) is 13.8 Å². The first-order chi connectivity index (χ1) is 7.49. The van der Waals surface area contributed by atoms with Gasteiger partial charge in [0.05, 0.1) is 0 Å². The third kappa shape index (κ3) is 1.34. The Morgan fingerprint density at radius 2 is 1.62 bits per heavy atom. The molecule has 1 aromatic heterocycles. The minimum atomic E-state index is -0.412. The number of hydrogen-bond acceptors (Lipinski definition) is 5. The maximum atomic E-state index is 12.0. The molecular weight excluding hydrogens is 291 g/mol. The predicted molar refractivity (Wildman–Crippen MR) is 63.4 cm³/mol. The molecule has 0 aliphatic heterocycles. The van der Waals surface area contributed by atoms with Crippen LogP contribution in [0.3, 0.4) is 0 Å². The van der Waals surface area contributed by atoms with E-state index in [2.05, 4.69) is 20.2 Å². The fourth-order valence-corrected chi connectivity index (χ4v) is 3.20. The van der Waals surface area contributed by atoms with Crippen molar-refractivity contribution >= 4 is 38.3 Å². The molecule has 0 unspecified atom stereocenters. The summed E-state index contributed by atoms with van der Waals surface area (Å²) in [6, 6.07) is 0. The number of fused-ring (bicyclic) bond motifs is 1. The second-order valence-corrected chi connectivity index (χ2v) is 5.25. The molecule has 0 fully saturated rings. The number of nitrogens with one attached hydrogen (secondary N) is 1. The number of rotatable bonds is 0. The zero-order valence-electron chi connectivity index (χ0n) is 8.58. The van der Waals surface area contributed by atoms with Gasteiger partial charge in [0, 0.05) is 0 Å². The molecule has 2 rings (SSSR count). The van der Waals surface area contributed by atoms with E-state index in [-0.39, 0.29) is 16.1 Å². The van der Waals surface area contributed by atoms with Crippen molar-refractivity contribution in [1.82, 2.24) is 0 Å². The van der Waals surface area contributed by atoms with Gasteiger partial charge in [-0.3, -0.25) is 0 Å². The standard InChI is InChI=1S/C10H7N2O2SSe/c1-3-5-6(4(2)15-3)10(14)8(12-16)7(11)9(5)13/h11H,1-2H3/b11-7?,12-8+. The average Bonchev–Trinajstić information content (AvgIpc) is 2.52. The molecule has 4 nitrogen and oxygen atoms in total. The van der Waals surface area contributed by atoms with Gasteiger partial charge in [-0.05, 0) is 0 Å². The van der Waals surface area contributed by atoms with Crippen LogP contribution in [0.5, 0.6) is 0 Å². The number of benzene rings is 1. The van der Waals surface area contributed by atoms with E-state index in [4.69, 9.17) is 5.41 Å². The van der Waals surface area contributed by atoms with Gasteiger partial charge in [-0.25, -0.2) is 0 Å². The molecule has 1 N–H and O–H groups in total. The molecule has 0 spiro atoms. The van der Waals surface area contributed by atoms with E-state index in [0.29, 0.717) is 10.8 Å². The molecule has 0 amide bonds. The molecule has 0 aliphatic carbocycles. The SMILES string of the molecule is Cc1sc(C)c2c(=O)/c(=N/[Se])c(=N)c(=O)c12. The summed E-state index contributed by atoms with van der Waals surface area (Å²) in [4.78, 5) is 25.5. The van der Waals surface area contributed by atoms with Crippen molar-refractivity contribution in [3.63, 3.8) is 0 Å². The van der Waals surface area contributed by atoms with E-state index < -0.39 is 5.43 Å². The Balaban J connectivity index is 3.40. The van der Waals surface area contributed by atoms with Crippen molar-refractivity contribution in [1.29, 1.82) is 5.41 Å². The number of hydrogen-bond donors (Lipinski definition) is 1. The molecule has 2 aromatic rings. The Hall–Kier alpha value is -1.10. The third-order valence-corrected chi connectivity index (χ3v) is 3.89. The van der Waals surface area contributed by atoms with Gasteiger partial charge in [0.2, 0.25) is 0 Å². The van der Waals surface area contributed by atoms with Gasteiger partial charge in [-0.1, -0.05) is 0 Å². The van der Waals surface area contributed by atoms with Gasteiger partial charge < -0.3 is 0 Å². The Morgan fingerprint density at radius 1 is 1.12 bits per heavy atom. The van der Waals surface area contributed by atoms with Crippen LogP contribution in [-0.2, 0) is 0 Å². The van der Waals surface area contributed by atoms with Gasteiger partial charge in [0.15, 0.2) is 0 Å². The predicted octanol–water partition coefficient (Wildman–Crippen LogP) is -0.422. The number of thiophene rings is 1. The van der Waals surface area contributed by atoms with Crippen molar-refractivity contribution in [2.75, 3.05) is 0 Å². The van der Waals surface area contributed by atoms with Crippen LogP contribution in [0.25, 0.3) is 10.8 Å². The Labute approximate surface area is 103 Å². The molecule has 1 aromatic carbocycles. The van der Waals surface area contributed by atoms with E-state index in [1.165, 1.54) is 11.3 Å². The summed E-state index contributed by atoms with van der Waals surface area (Å²) in [6.45, 7) is 3.59. The summed E-state index contributed by atoms with van der Waals surface area (Å²) in [6.07, 6.45) is 0. The molecule has 0 bridgehead atoms. The van der Waals surface area contributed by atoms with E-state index >= 15 is 0 Å². The molecule has 0 saturated heterocycles. The number of nitrogens with zero attached hydrogens (tertiary/aromatic N) is 1. The Bertz CT molecular complexity index is 797. The Kier molecular flexibility index (Phi) is 2.65. The fraction of sp³-hybridized carbons (Fsp3) is 0.200. The molecular formula is C10H7N2O2SSe. The third-order valence-electron chi connectivity index (χ3n) is 2.48. The van der Waals surface area contributed by atoms with Crippen molar-refractivity contribution < 1.29 is 0 Å². The maximum absolute atomic E-state index is 12.0. The molecule has 81 valence electrons. The van der Waals surface area contributed by atoms with Crippen LogP contribution < -0.4 is 21.6 Å². The quantitative estimate of drug-likeness (QED) is 0.671. The summed E-state index contributed by atoms with van der Waals surface area (Å²) in [5.41, 5.74) is -0.745. The molecule has 0 saturated carbocycles. The summed E-state index contributed by atoms with van der Waals surface area (Å²) in [5, 5.41) is 7.99. The van der Waals surface area contributed by atoms with E-state index in [0.717, 1.165) is 9.75 Å². The molecule has 0 atom stereocenters. The normalized spacial score (nSPS) is 12.5. The van der Waals surface area contributed by atoms with Crippen LogP contribution in [0, 0.1) is 19.3 Å². The molecule has 1 heterocycles. The van der Waals surface area contributed by atoms with Gasteiger partial charge in [0.1, 0.15) is 0 Å². The van der Waals surface area contributed by atoms with E-state index in [1.807, 2.05) is 0 Å². The van der Waals surface area contributed by atoms with Crippen molar-refractivity contribution in [3.8, 4) is 0 Å². The zero-order chi connectivity index (χ0) is 12.0. The van der Waals surface area contributed by atoms with Crippen LogP contribution >= 0.6 is 11.3 Å². The molecule has 1 radical (unpaired) electrons. The first-order valence-electron chi connectivity index (χ1n) is 4.47. The van der Waals surface area contributed by atoms with Crippen LogP contribution in [0.1, 0.15) is 9.75 Å². The minimum absolute atomic E-state index is 0.0848. The molecule has 0 aliphatic rings. The monoisotopic (exact) mass is 299 g/mol. The molecule has 16 heavy (non-hydrogen) atoms. The second kappa shape index (κ2) is 3.73. The van der Waals surface area contributed by atoms with Crippen LogP contribution in [0.4, 0.5) is 0 Å². The first-order valence-corrected chi connectivity index (χ1v) is 6.06. The van der Waals surface area contributed by atoms with Gasteiger partial charge in [-0.15, -0.1) is 0 Å². The summed E-state index contributed by atoms with van der Waals surface area (Å²) < 4.78 is 3.61.